The van der Waals surface area contributed by atoms with Crippen LogP contribution in [0.4, 0.5) is 10.6 Å². The van der Waals surface area contributed by atoms with Crippen LogP contribution in [-0.2, 0) is 16.1 Å². The number of methoxy groups -OCH3 is 1. The summed E-state index contributed by atoms with van der Waals surface area (Å²) in [5, 5.41) is 13.4. The predicted octanol–water partition coefficient (Wildman–Crippen LogP) is 6.12. The van der Waals surface area contributed by atoms with Crippen molar-refractivity contribution in [1.29, 1.82) is 0 Å². The van der Waals surface area contributed by atoms with E-state index in [4.69, 9.17) is 23.9 Å². The molecule has 1 aromatic heterocycles. The van der Waals surface area contributed by atoms with Gasteiger partial charge in [-0.1, -0.05) is 18.2 Å². The van der Waals surface area contributed by atoms with Gasteiger partial charge >= 0.3 is 12.1 Å². The number of fused-ring (bicyclic) bond motifs is 1. The Balaban J connectivity index is 1.52. The summed E-state index contributed by atoms with van der Waals surface area (Å²) in [6, 6.07) is 13.4. The number of benzene rings is 2. The molecule has 0 bridgehead atoms. The molecule has 1 saturated carbocycles. The van der Waals surface area contributed by atoms with Gasteiger partial charge in [0.25, 0.3) is 0 Å². The maximum absolute atomic E-state index is 13.2. The van der Waals surface area contributed by atoms with Crippen molar-refractivity contribution in [3.05, 3.63) is 59.2 Å². The highest BCUT2D eigenvalue weighted by Crippen LogP contribution is 2.46. The molecular formula is C35H45N3O7. The number of amides is 1. The van der Waals surface area contributed by atoms with E-state index in [1.54, 1.807) is 14.0 Å². The number of carbonyl (C=O) groups excluding carboxylic acids is 2. The molecule has 2 atom stereocenters. The Morgan fingerprint density at radius 3 is 2.60 bits per heavy atom. The molecule has 1 aliphatic heterocycles. The second-order valence-corrected chi connectivity index (χ2v) is 12.8. The Hall–Kier alpha value is -4.05. The van der Waals surface area contributed by atoms with Gasteiger partial charge in [-0.2, -0.15) is 0 Å². The van der Waals surface area contributed by atoms with Crippen LogP contribution in [0.15, 0.2) is 42.5 Å². The van der Waals surface area contributed by atoms with E-state index >= 15 is 0 Å². The van der Waals surface area contributed by atoms with E-state index in [1.807, 2.05) is 63.2 Å². The number of ether oxygens (including phenoxy) is 4. The average molecular weight is 620 g/mol. The monoisotopic (exact) mass is 619 g/mol. The number of esters is 1. The van der Waals surface area contributed by atoms with E-state index < -0.39 is 17.7 Å². The van der Waals surface area contributed by atoms with Gasteiger partial charge < -0.3 is 34.3 Å². The summed E-state index contributed by atoms with van der Waals surface area (Å²) >= 11 is 0. The third-order valence-electron chi connectivity index (χ3n) is 8.15. The summed E-state index contributed by atoms with van der Waals surface area (Å²) in [4.78, 5) is 33.3. The molecule has 1 amide bonds. The Morgan fingerprint density at radius 1 is 1.13 bits per heavy atom. The van der Waals surface area contributed by atoms with Gasteiger partial charge in [-0.05, 0) is 95.5 Å². The van der Waals surface area contributed by atoms with Crippen molar-refractivity contribution >= 4 is 28.8 Å². The molecule has 2 aromatic carbocycles. The number of alkyl carbamates (subject to hydrolysis) is 1. The highest BCUT2D eigenvalue weighted by molar-refractivity contribution is 6.02. The fraction of sp³-hybridized carbons (Fsp3) is 0.514. The van der Waals surface area contributed by atoms with Crippen LogP contribution in [0.25, 0.3) is 10.9 Å². The van der Waals surface area contributed by atoms with Crippen molar-refractivity contribution < 1.29 is 33.6 Å². The summed E-state index contributed by atoms with van der Waals surface area (Å²) in [5.41, 5.74) is 2.45. The third kappa shape index (κ3) is 7.79. The summed E-state index contributed by atoms with van der Waals surface area (Å²) in [7, 11) is 1.62. The molecule has 2 aliphatic rings. The number of hydrogen-bond donors (Lipinski definition) is 2. The fourth-order valence-corrected chi connectivity index (χ4v) is 6.02. The van der Waals surface area contributed by atoms with Crippen LogP contribution in [0.5, 0.6) is 11.5 Å². The lowest BCUT2D eigenvalue weighted by molar-refractivity contribution is 0.0502. The molecule has 2 N–H and O–H groups in total. The molecule has 2 fully saturated rings. The van der Waals surface area contributed by atoms with Crippen LogP contribution in [0.1, 0.15) is 87.2 Å². The lowest BCUT2D eigenvalue weighted by atomic mass is 9.99. The Kier molecular flexibility index (Phi) is 10.0. The van der Waals surface area contributed by atoms with Gasteiger partial charge in [-0.3, -0.25) is 0 Å². The van der Waals surface area contributed by atoms with Crippen LogP contribution in [0, 0.1) is 0 Å². The van der Waals surface area contributed by atoms with Crippen LogP contribution >= 0.6 is 0 Å². The van der Waals surface area contributed by atoms with Crippen molar-refractivity contribution in [2.45, 2.75) is 90.0 Å². The van der Waals surface area contributed by atoms with Gasteiger partial charge in [0.1, 0.15) is 35.1 Å². The number of aliphatic hydroxyl groups excluding tert-OH is 1. The minimum atomic E-state index is -0.592. The highest BCUT2D eigenvalue weighted by Gasteiger charge is 2.36. The maximum Gasteiger partial charge on any atom is 0.407 e. The first kappa shape index (κ1) is 32.3. The lowest BCUT2D eigenvalue weighted by Gasteiger charge is -2.26. The van der Waals surface area contributed by atoms with E-state index in [0.717, 1.165) is 47.1 Å². The Bertz CT molecular complexity index is 1520. The number of pyridine rings is 1. The van der Waals surface area contributed by atoms with Gasteiger partial charge in [-0.25, -0.2) is 14.6 Å². The smallest absolute Gasteiger partial charge is 0.407 e. The van der Waals surface area contributed by atoms with Gasteiger partial charge in [0.2, 0.25) is 0 Å². The quantitative estimate of drug-likeness (QED) is 0.231. The van der Waals surface area contributed by atoms with Gasteiger partial charge in [0.15, 0.2) is 0 Å². The zero-order valence-electron chi connectivity index (χ0n) is 26.9. The molecule has 3 aromatic rings. The lowest BCUT2D eigenvalue weighted by Crippen LogP contribution is -2.40. The number of nitrogens with one attached hydrogen (secondary N) is 1. The minimum Gasteiger partial charge on any atom is -0.496 e. The first-order valence-corrected chi connectivity index (χ1v) is 15.9. The van der Waals surface area contributed by atoms with Gasteiger partial charge in [0, 0.05) is 30.1 Å². The second kappa shape index (κ2) is 13.9. The number of aromatic nitrogens is 1. The fourth-order valence-electron chi connectivity index (χ4n) is 6.02. The van der Waals surface area contributed by atoms with Gasteiger partial charge in [0.05, 0.1) is 25.3 Å². The number of hydrogen-bond acceptors (Lipinski definition) is 9. The van der Waals surface area contributed by atoms with Crippen LogP contribution in [-0.4, -0.2) is 66.7 Å². The molecule has 10 heteroatoms. The SMILES string of the molecule is CCOC(=O)c1cc(C2CC2)c2nc(N3CC(NC(=O)OC(C)(C)C)CC3CCCO)ccc2c1OCc1ccccc1OC. The van der Waals surface area contributed by atoms with E-state index in [2.05, 4.69) is 10.2 Å². The molecular weight excluding hydrogens is 574 g/mol. The molecule has 0 spiro atoms. The summed E-state index contributed by atoms with van der Waals surface area (Å²) in [5.74, 6) is 1.78. The topological polar surface area (TPSA) is 119 Å². The first-order valence-electron chi connectivity index (χ1n) is 15.9. The zero-order valence-corrected chi connectivity index (χ0v) is 26.9. The van der Waals surface area contributed by atoms with Crippen molar-refractivity contribution in [2.24, 2.45) is 0 Å². The van der Waals surface area contributed by atoms with E-state index in [9.17, 15) is 14.7 Å². The molecule has 242 valence electrons. The van der Waals surface area contributed by atoms with E-state index in [-0.39, 0.29) is 31.9 Å². The number of anilines is 1. The number of para-hydroxylation sites is 1. The average Bonchev–Trinajstić information content (AvgIpc) is 3.77. The normalized spacial score (nSPS) is 18.1. The molecule has 2 unspecified atom stereocenters. The van der Waals surface area contributed by atoms with Crippen molar-refractivity contribution in [2.75, 3.05) is 31.8 Å². The largest absolute Gasteiger partial charge is 0.496 e. The van der Waals surface area contributed by atoms with E-state index in [1.165, 1.54) is 0 Å². The standard InChI is InChI=1S/C35H45N3O7/c1-6-43-33(40)28-19-27(22-13-14-22)31-26(32(28)44-21-23-10-7-8-12-29(23)42-5)15-16-30(37-31)38-20-24(18-25(38)11-9-17-39)36-34(41)45-35(2,3)4/h7-8,10,12,15-16,19,22,24-25,39H,6,9,11,13-14,17-18,20-21H2,1-5H3,(H,36,41). The van der Waals surface area contributed by atoms with E-state index in [0.29, 0.717) is 42.4 Å². The first-order chi connectivity index (χ1) is 21.6. The number of nitrogens with zero attached hydrogens (tertiary/aromatic N) is 2. The second-order valence-electron chi connectivity index (χ2n) is 12.8. The third-order valence-corrected chi connectivity index (χ3v) is 8.15. The highest BCUT2D eigenvalue weighted by atomic mass is 16.6. The molecule has 10 nitrogen and oxygen atoms in total. The number of aliphatic hydroxyl groups is 1. The summed E-state index contributed by atoms with van der Waals surface area (Å²) in [6.45, 7) is 8.42. The molecule has 1 saturated heterocycles. The molecule has 45 heavy (non-hydrogen) atoms. The van der Waals surface area contributed by atoms with Crippen LogP contribution in [0.2, 0.25) is 0 Å². The maximum atomic E-state index is 13.2. The van der Waals surface area contributed by atoms with Crippen molar-refractivity contribution in [3.8, 4) is 11.5 Å². The van der Waals surface area contributed by atoms with Crippen LogP contribution < -0.4 is 19.7 Å². The molecule has 5 rings (SSSR count). The summed E-state index contributed by atoms with van der Waals surface area (Å²) in [6.07, 6.45) is 3.72. The van der Waals surface area contributed by atoms with Crippen molar-refractivity contribution in [1.82, 2.24) is 10.3 Å². The predicted molar refractivity (Wildman–Crippen MR) is 172 cm³/mol. The minimum absolute atomic E-state index is 0.0754. The molecule has 0 radical (unpaired) electrons. The Morgan fingerprint density at radius 2 is 1.91 bits per heavy atom. The summed E-state index contributed by atoms with van der Waals surface area (Å²) < 4.78 is 22.9. The van der Waals surface area contributed by atoms with Crippen molar-refractivity contribution in [3.63, 3.8) is 0 Å². The molecule has 2 heterocycles. The zero-order chi connectivity index (χ0) is 32.1. The molecule has 1 aliphatic carbocycles. The number of rotatable bonds is 12. The van der Waals surface area contributed by atoms with Gasteiger partial charge in [-0.15, -0.1) is 0 Å². The Labute approximate surface area is 265 Å². The number of carbonyl (C=O) groups is 2. The van der Waals surface area contributed by atoms with Crippen LogP contribution in [0.3, 0.4) is 0 Å².